The molecule has 2 unspecified atom stereocenters. The van der Waals surface area contributed by atoms with Crippen molar-refractivity contribution in [3.05, 3.63) is 24.3 Å². The van der Waals surface area contributed by atoms with Gasteiger partial charge in [-0.15, -0.1) is 0 Å². The third-order valence-electron chi connectivity index (χ3n) is 2.74. The summed E-state index contributed by atoms with van der Waals surface area (Å²) in [4.78, 5) is 0.105. The Bertz CT molecular complexity index is 490. The first-order valence-electron chi connectivity index (χ1n) is 5.13. The number of nitrogens with two attached hydrogens (primary N) is 1. The Balaban J connectivity index is 2.28. The number of sulfonamides is 1. The smallest absolute Gasteiger partial charge is 0.243 e. The quantitative estimate of drug-likeness (QED) is 0.590. The van der Waals surface area contributed by atoms with Crippen molar-refractivity contribution in [2.75, 3.05) is 18.8 Å². The number of β-amino-alcohol motifs (C(OH)–C–C–N with tert-alkyl or cyclic N) is 2. The number of hydrogen-bond acceptors (Lipinski definition) is 5. The molecule has 0 radical (unpaired) electrons. The van der Waals surface area contributed by atoms with Gasteiger partial charge >= 0.3 is 0 Å². The Hall–Kier alpha value is -1.15. The third kappa shape index (κ3) is 2.27. The molecule has 17 heavy (non-hydrogen) atoms. The van der Waals surface area contributed by atoms with Crippen LogP contribution in [-0.4, -0.2) is 48.2 Å². The van der Waals surface area contributed by atoms with Gasteiger partial charge in [-0.05, 0) is 24.3 Å². The Labute approximate surface area is 99.3 Å². The molecule has 0 aliphatic carbocycles. The summed E-state index contributed by atoms with van der Waals surface area (Å²) >= 11 is 0. The summed E-state index contributed by atoms with van der Waals surface area (Å²) < 4.78 is 25.3. The van der Waals surface area contributed by atoms with Gasteiger partial charge in [0.1, 0.15) is 0 Å². The van der Waals surface area contributed by atoms with E-state index in [9.17, 15) is 18.6 Å². The summed E-state index contributed by atoms with van der Waals surface area (Å²) in [5.74, 6) is 0. The van der Waals surface area contributed by atoms with Crippen LogP contribution in [0.1, 0.15) is 0 Å². The van der Waals surface area contributed by atoms with Crippen LogP contribution in [0.25, 0.3) is 0 Å². The summed E-state index contributed by atoms with van der Waals surface area (Å²) in [6.45, 7) is -0.179. The third-order valence-corrected chi connectivity index (χ3v) is 4.59. The number of aliphatic hydroxyl groups excluding tert-OH is 2. The molecule has 94 valence electrons. The predicted octanol–water partition coefficient (Wildman–Crippen LogP) is -1.01. The normalized spacial score (nSPS) is 26.2. The van der Waals surface area contributed by atoms with Crippen LogP contribution in [0.15, 0.2) is 29.2 Å². The van der Waals surface area contributed by atoms with Crippen LogP contribution >= 0.6 is 0 Å². The van der Waals surface area contributed by atoms with E-state index in [1.54, 1.807) is 0 Å². The molecule has 7 heteroatoms. The van der Waals surface area contributed by atoms with Crippen molar-refractivity contribution in [1.82, 2.24) is 4.31 Å². The van der Waals surface area contributed by atoms with E-state index < -0.39 is 22.2 Å². The molecule has 1 heterocycles. The summed E-state index contributed by atoms with van der Waals surface area (Å²) in [6, 6.07) is 5.80. The average Bonchev–Trinajstić information content (AvgIpc) is 2.60. The predicted molar refractivity (Wildman–Crippen MR) is 61.6 cm³/mol. The molecule has 4 N–H and O–H groups in total. The molecule has 0 bridgehead atoms. The van der Waals surface area contributed by atoms with Gasteiger partial charge in [0.2, 0.25) is 10.0 Å². The van der Waals surface area contributed by atoms with Gasteiger partial charge in [-0.25, -0.2) is 8.42 Å². The summed E-state index contributed by atoms with van der Waals surface area (Å²) in [5.41, 5.74) is 5.96. The second-order valence-corrected chi connectivity index (χ2v) is 5.96. The molecule has 6 nitrogen and oxygen atoms in total. The highest BCUT2D eigenvalue weighted by atomic mass is 32.2. The van der Waals surface area contributed by atoms with Gasteiger partial charge < -0.3 is 15.9 Å². The maximum Gasteiger partial charge on any atom is 0.243 e. The van der Waals surface area contributed by atoms with E-state index >= 15 is 0 Å². The number of nitrogen functional groups attached to an aromatic ring is 1. The van der Waals surface area contributed by atoms with E-state index in [0.717, 1.165) is 4.31 Å². The first-order chi connectivity index (χ1) is 7.91. The van der Waals surface area contributed by atoms with Gasteiger partial charge in [-0.3, -0.25) is 0 Å². The lowest BCUT2D eigenvalue weighted by molar-refractivity contribution is 0.0572. The summed E-state index contributed by atoms with van der Waals surface area (Å²) in [5, 5.41) is 18.7. The van der Waals surface area contributed by atoms with E-state index in [1.807, 2.05) is 0 Å². The molecular formula is C10H14N2O4S. The number of rotatable bonds is 2. The van der Waals surface area contributed by atoms with Gasteiger partial charge in [0.25, 0.3) is 0 Å². The van der Waals surface area contributed by atoms with E-state index in [-0.39, 0.29) is 18.0 Å². The minimum absolute atomic E-state index is 0.0894. The van der Waals surface area contributed by atoms with Crippen LogP contribution in [0.2, 0.25) is 0 Å². The van der Waals surface area contributed by atoms with Crippen molar-refractivity contribution < 1.29 is 18.6 Å². The van der Waals surface area contributed by atoms with Crippen LogP contribution in [0.5, 0.6) is 0 Å². The Morgan fingerprint density at radius 2 is 1.59 bits per heavy atom. The molecular weight excluding hydrogens is 244 g/mol. The second-order valence-electron chi connectivity index (χ2n) is 4.03. The first-order valence-corrected chi connectivity index (χ1v) is 6.57. The highest BCUT2D eigenvalue weighted by Crippen LogP contribution is 2.21. The SMILES string of the molecule is Nc1ccc(S(=O)(=O)N2CC(O)C(O)C2)cc1. The Morgan fingerprint density at radius 3 is 2.06 bits per heavy atom. The number of benzene rings is 1. The minimum atomic E-state index is -3.66. The molecule has 0 amide bonds. The first kappa shape index (κ1) is 12.3. The zero-order chi connectivity index (χ0) is 12.6. The Kier molecular flexibility index (Phi) is 3.09. The molecule has 1 saturated heterocycles. The van der Waals surface area contributed by atoms with Gasteiger partial charge in [0, 0.05) is 18.8 Å². The second kappa shape index (κ2) is 4.26. The highest BCUT2D eigenvalue weighted by Gasteiger charge is 2.37. The van der Waals surface area contributed by atoms with Crippen LogP contribution < -0.4 is 5.73 Å². The lowest BCUT2D eigenvalue weighted by Crippen LogP contribution is -2.29. The van der Waals surface area contributed by atoms with Crippen molar-refractivity contribution in [2.24, 2.45) is 0 Å². The topological polar surface area (TPSA) is 104 Å². The molecule has 0 spiro atoms. The van der Waals surface area contributed by atoms with Crippen molar-refractivity contribution in [3.63, 3.8) is 0 Å². The number of nitrogens with zero attached hydrogens (tertiary/aromatic N) is 1. The van der Waals surface area contributed by atoms with E-state index in [1.165, 1.54) is 24.3 Å². The van der Waals surface area contributed by atoms with Gasteiger partial charge in [0.15, 0.2) is 0 Å². The largest absolute Gasteiger partial charge is 0.399 e. The summed E-state index contributed by atoms with van der Waals surface area (Å²) in [6.07, 6.45) is -2.06. The highest BCUT2D eigenvalue weighted by molar-refractivity contribution is 7.89. The van der Waals surface area contributed by atoms with E-state index in [0.29, 0.717) is 5.69 Å². The molecule has 0 aromatic heterocycles. The van der Waals surface area contributed by atoms with Crippen LogP contribution in [0.4, 0.5) is 5.69 Å². The van der Waals surface area contributed by atoms with Gasteiger partial charge in [0.05, 0.1) is 17.1 Å². The fourth-order valence-electron chi connectivity index (χ4n) is 1.72. The number of aliphatic hydroxyl groups is 2. The Morgan fingerprint density at radius 1 is 1.12 bits per heavy atom. The molecule has 1 aromatic rings. The fourth-order valence-corrected chi connectivity index (χ4v) is 3.20. The number of anilines is 1. The molecule has 1 aromatic carbocycles. The standard InChI is InChI=1S/C10H14N2O4S/c11-7-1-3-8(4-2-7)17(15,16)12-5-9(13)10(14)6-12/h1-4,9-10,13-14H,5-6,11H2. The van der Waals surface area contributed by atoms with Crippen molar-refractivity contribution in [3.8, 4) is 0 Å². The molecule has 0 saturated carbocycles. The molecule has 1 fully saturated rings. The van der Waals surface area contributed by atoms with Gasteiger partial charge in [-0.1, -0.05) is 0 Å². The van der Waals surface area contributed by atoms with Crippen LogP contribution in [-0.2, 0) is 10.0 Å². The van der Waals surface area contributed by atoms with Crippen LogP contribution in [0, 0.1) is 0 Å². The molecule has 1 aliphatic heterocycles. The van der Waals surface area contributed by atoms with Crippen molar-refractivity contribution >= 4 is 15.7 Å². The van der Waals surface area contributed by atoms with Gasteiger partial charge in [-0.2, -0.15) is 4.31 Å². The monoisotopic (exact) mass is 258 g/mol. The molecule has 2 atom stereocenters. The zero-order valence-corrected chi connectivity index (χ0v) is 9.84. The van der Waals surface area contributed by atoms with E-state index in [4.69, 9.17) is 5.73 Å². The van der Waals surface area contributed by atoms with Crippen molar-refractivity contribution in [1.29, 1.82) is 0 Å². The zero-order valence-electron chi connectivity index (χ0n) is 9.02. The lowest BCUT2D eigenvalue weighted by Gasteiger charge is -2.15. The number of hydrogen-bond donors (Lipinski definition) is 3. The summed E-state index contributed by atoms with van der Waals surface area (Å²) in [7, 11) is -3.66. The fraction of sp³-hybridized carbons (Fsp3) is 0.400. The lowest BCUT2D eigenvalue weighted by atomic mass is 10.3. The van der Waals surface area contributed by atoms with Crippen LogP contribution in [0.3, 0.4) is 0 Å². The maximum atomic E-state index is 12.1. The average molecular weight is 258 g/mol. The van der Waals surface area contributed by atoms with E-state index in [2.05, 4.69) is 0 Å². The maximum absolute atomic E-state index is 12.1. The molecule has 1 aliphatic rings. The van der Waals surface area contributed by atoms with Crippen molar-refractivity contribution in [2.45, 2.75) is 17.1 Å². The molecule has 2 rings (SSSR count). The minimum Gasteiger partial charge on any atom is -0.399 e.